The van der Waals surface area contributed by atoms with Crippen LogP contribution in [0.4, 0.5) is 5.13 Å². The van der Waals surface area contributed by atoms with E-state index in [2.05, 4.69) is 23.7 Å². The third kappa shape index (κ3) is 3.51. The Bertz CT molecular complexity index is 325. The molecule has 0 radical (unpaired) electrons. The van der Waals surface area contributed by atoms with E-state index in [1.54, 1.807) is 0 Å². The van der Waals surface area contributed by atoms with E-state index >= 15 is 0 Å². The van der Waals surface area contributed by atoms with Crippen molar-refractivity contribution in [2.45, 2.75) is 26.7 Å². The maximum atomic E-state index is 10.5. The van der Waals surface area contributed by atoms with Gasteiger partial charge in [0.2, 0.25) is 0 Å². The van der Waals surface area contributed by atoms with Crippen LogP contribution in [0.25, 0.3) is 0 Å². The molecule has 0 aromatic carbocycles. The van der Waals surface area contributed by atoms with Crippen LogP contribution in [0.5, 0.6) is 0 Å². The molecule has 0 amide bonds. The number of carboxylic acid groups (broad SMARTS) is 1. The molecule has 4 nitrogen and oxygen atoms in total. The van der Waals surface area contributed by atoms with Crippen molar-refractivity contribution in [2.75, 3.05) is 18.0 Å². The molecule has 0 atom stereocenters. The standard InChI is InChI=1S/C10H16N2O2S/c1-3-5-12(4-2)10-11-8(7-15-10)6-9(13)14/h7H,3-6H2,1-2H3,(H,13,14). The summed E-state index contributed by atoms with van der Waals surface area (Å²) < 4.78 is 0. The average molecular weight is 228 g/mol. The highest BCUT2D eigenvalue weighted by Gasteiger charge is 2.10. The Morgan fingerprint density at radius 2 is 2.33 bits per heavy atom. The van der Waals surface area contributed by atoms with Gasteiger partial charge in [0, 0.05) is 18.5 Å². The van der Waals surface area contributed by atoms with Crippen LogP contribution in [0.3, 0.4) is 0 Å². The highest BCUT2D eigenvalue weighted by molar-refractivity contribution is 7.13. The fourth-order valence-electron chi connectivity index (χ4n) is 1.34. The Balaban J connectivity index is 2.68. The van der Waals surface area contributed by atoms with E-state index in [4.69, 9.17) is 5.11 Å². The molecule has 1 rings (SSSR count). The maximum Gasteiger partial charge on any atom is 0.309 e. The van der Waals surface area contributed by atoms with E-state index in [1.165, 1.54) is 11.3 Å². The quantitative estimate of drug-likeness (QED) is 0.809. The van der Waals surface area contributed by atoms with Crippen molar-refractivity contribution in [3.8, 4) is 0 Å². The molecule has 1 N–H and O–H groups in total. The summed E-state index contributed by atoms with van der Waals surface area (Å²) in [6.07, 6.45) is 1.09. The normalized spacial score (nSPS) is 10.3. The fraction of sp³-hybridized carbons (Fsp3) is 0.600. The first-order valence-corrected chi connectivity index (χ1v) is 5.96. The summed E-state index contributed by atoms with van der Waals surface area (Å²) in [4.78, 5) is 17.0. The molecule has 0 aliphatic heterocycles. The Labute approximate surface area is 93.6 Å². The van der Waals surface area contributed by atoms with Crippen LogP contribution in [0.2, 0.25) is 0 Å². The first-order chi connectivity index (χ1) is 7.17. The Kier molecular flexibility index (Phi) is 4.55. The van der Waals surface area contributed by atoms with Crippen LogP contribution in [-0.2, 0) is 11.2 Å². The van der Waals surface area contributed by atoms with E-state index in [1.807, 2.05) is 5.38 Å². The van der Waals surface area contributed by atoms with Gasteiger partial charge >= 0.3 is 5.97 Å². The van der Waals surface area contributed by atoms with Crippen LogP contribution in [0.15, 0.2) is 5.38 Å². The summed E-state index contributed by atoms with van der Waals surface area (Å²) in [6, 6.07) is 0. The molecule has 0 fully saturated rings. The molecule has 1 aromatic heterocycles. The second-order valence-corrected chi connectivity index (χ2v) is 4.11. The van der Waals surface area contributed by atoms with Crippen LogP contribution in [-0.4, -0.2) is 29.1 Å². The molecule has 0 aliphatic carbocycles. The van der Waals surface area contributed by atoms with Gasteiger partial charge in [0.05, 0.1) is 12.1 Å². The third-order valence-electron chi connectivity index (χ3n) is 2.02. The summed E-state index contributed by atoms with van der Waals surface area (Å²) in [5.74, 6) is -0.828. The summed E-state index contributed by atoms with van der Waals surface area (Å²) in [6.45, 7) is 6.08. The van der Waals surface area contributed by atoms with E-state index in [0.717, 1.165) is 24.6 Å². The van der Waals surface area contributed by atoms with Crippen LogP contribution in [0.1, 0.15) is 26.0 Å². The van der Waals surface area contributed by atoms with E-state index in [9.17, 15) is 4.79 Å². The van der Waals surface area contributed by atoms with Gasteiger partial charge in [0.1, 0.15) is 0 Å². The van der Waals surface area contributed by atoms with E-state index in [-0.39, 0.29) is 6.42 Å². The fourth-order valence-corrected chi connectivity index (χ4v) is 2.25. The molecule has 84 valence electrons. The molecular weight excluding hydrogens is 212 g/mol. The van der Waals surface area contributed by atoms with Gasteiger partial charge in [-0.3, -0.25) is 4.79 Å². The molecule has 0 aliphatic rings. The van der Waals surface area contributed by atoms with Crippen molar-refractivity contribution in [3.05, 3.63) is 11.1 Å². The van der Waals surface area contributed by atoms with Crippen molar-refractivity contribution in [1.82, 2.24) is 4.98 Å². The van der Waals surface area contributed by atoms with Crippen LogP contribution in [0, 0.1) is 0 Å². The molecular formula is C10H16N2O2S. The minimum Gasteiger partial charge on any atom is -0.481 e. The molecule has 0 saturated carbocycles. The smallest absolute Gasteiger partial charge is 0.309 e. The van der Waals surface area contributed by atoms with Crippen molar-refractivity contribution in [2.24, 2.45) is 0 Å². The third-order valence-corrected chi connectivity index (χ3v) is 2.97. The molecule has 1 heterocycles. The summed E-state index contributed by atoms with van der Waals surface area (Å²) in [5, 5.41) is 11.4. The van der Waals surface area contributed by atoms with Crippen LogP contribution >= 0.6 is 11.3 Å². The lowest BCUT2D eigenvalue weighted by atomic mass is 10.3. The van der Waals surface area contributed by atoms with Gasteiger partial charge in [-0.1, -0.05) is 6.92 Å². The van der Waals surface area contributed by atoms with E-state index < -0.39 is 5.97 Å². The van der Waals surface area contributed by atoms with Crippen molar-refractivity contribution in [1.29, 1.82) is 0 Å². The van der Waals surface area contributed by atoms with Gasteiger partial charge in [-0.05, 0) is 13.3 Å². The zero-order valence-electron chi connectivity index (χ0n) is 9.06. The highest BCUT2D eigenvalue weighted by atomic mass is 32.1. The van der Waals surface area contributed by atoms with Gasteiger partial charge in [-0.2, -0.15) is 0 Å². The number of hydrogen-bond donors (Lipinski definition) is 1. The Morgan fingerprint density at radius 3 is 2.87 bits per heavy atom. The lowest BCUT2D eigenvalue weighted by Gasteiger charge is -2.18. The molecule has 1 aromatic rings. The number of anilines is 1. The second kappa shape index (κ2) is 5.70. The largest absolute Gasteiger partial charge is 0.481 e. The number of aliphatic carboxylic acids is 1. The minimum atomic E-state index is -0.828. The number of thiazole rings is 1. The number of aromatic nitrogens is 1. The topological polar surface area (TPSA) is 53.4 Å². The molecule has 15 heavy (non-hydrogen) atoms. The first-order valence-electron chi connectivity index (χ1n) is 5.08. The predicted molar refractivity (Wildman–Crippen MR) is 61.6 cm³/mol. The zero-order chi connectivity index (χ0) is 11.3. The lowest BCUT2D eigenvalue weighted by molar-refractivity contribution is -0.136. The Morgan fingerprint density at radius 1 is 1.60 bits per heavy atom. The van der Waals surface area contributed by atoms with Gasteiger partial charge < -0.3 is 10.0 Å². The monoisotopic (exact) mass is 228 g/mol. The lowest BCUT2D eigenvalue weighted by Crippen LogP contribution is -2.23. The molecule has 0 saturated heterocycles. The summed E-state index contributed by atoms with van der Waals surface area (Å²) >= 11 is 1.52. The number of carbonyl (C=O) groups is 1. The SMILES string of the molecule is CCCN(CC)c1nc(CC(=O)O)cs1. The molecule has 0 spiro atoms. The second-order valence-electron chi connectivity index (χ2n) is 3.27. The minimum absolute atomic E-state index is 0.0141. The zero-order valence-corrected chi connectivity index (χ0v) is 9.88. The predicted octanol–water partition coefficient (Wildman–Crippen LogP) is 2.01. The van der Waals surface area contributed by atoms with Gasteiger partial charge in [-0.25, -0.2) is 4.98 Å². The van der Waals surface area contributed by atoms with Gasteiger partial charge in [0.15, 0.2) is 5.13 Å². The van der Waals surface area contributed by atoms with Gasteiger partial charge in [0.25, 0.3) is 0 Å². The Hall–Kier alpha value is -1.10. The number of carboxylic acids is 1. The van der Waals surface area contributed by atoms with E-state index in [0.29, 0.717) is 5.69 Å². The van der Waals surface area contributed by atoms with Gasteiger partial charge in [-0.15, -0.1) is 11.3 Å². The number of nitrogens with zero attached hydrogens (tertiary/aromatic N) is 2. The average Bonchev–Trinajstić information content (AvgIpc) is 2.61. The van der Waals surface area contributed by atoms with Crippen molar-refractivity contribution >= 4 is 22.4 Å². The van der Waals surface area contributed by atoms with Crippen molar-refractivity contribution < 1.29 is 9.90 Å². The summed E-state index contributed by atoms with van der Waals surface area (Å²) in [7, 11) is 0. The highest BCUT2D eigenvalue weighted by Crippen LogP contribution is 2.20. The van der Waals surface area contributed by atoms with Crippen molar-refractivity contribution in [3.63, 3.8) is 0 Å². The maximum absolute atomic E-state index is 10.5. The molecule has 0 bridgehead atoms. The number of rotatable bonds is 6. The molecule has 0 unspecified atom stereocenters. The first kappa shape index (κ1) is 12.0. The number of hydrogen-bond acceptors (Lipinski definition) is 4. The van der Waals surface area contributed by atoms with Crippen LogP contribution < -0.4 is 4.90 Å². The summed E-state index contributed by atoms with van der Waals surface area (Å²) in [5.41, 5.74) is 0.650. The molecule has 5 heteroatoms.